The first-order valence-corrected chi connectivity index (χ1v) is 10.9. The summed E-state index contributed by atoms with van der Waals surface area (Å²) in [7, 11) is 0. The molecule has 4 rings (SSSR count). The molecule has 1 aliphatic rings. The molecular formula is C22H26N6O4. The molecule has 2 N–H and O–H groups in total. The number of rotatable bonds is 7. The molecule has 0 saturated heterocycles. The van der Waals surface area contributed by atoms with Crippen LogP contribution in [0.5, 0.6) is 0 Å². The fraction of sp³-hybridized carbons (Fsp3) is 0.455. The lowest BCUT2D eigenvalue weighted by Gasteiger charge is -2.24. The van der Waals surface area contributed by atoms with Gasteiger partial charge in [0.15, 0.2) is 11.2 Å². The second kappa shape index (κ2) is 9.29. The van der Waals surface area contributed by atoms with Gasteiger partial charge in [0.2, 0.25) is 5.91 Å². The van der Waals surface area contributed by atoms with Gasteiger partial charge in [0.1, 0.15) is 0 Å². The molecule has 1 amide bonds. The normalized spacial score (nSPS) is 18.5. The number of carbonyl (C=O) groups excluding carboxylic acids is 1. The number of fused-ring (bicyclic) bond motifs is 1. The second-order valence-corrected chi connectivity index (χ2v) is 8.21. The molecule has 2 atom stereocenters. The second-order valence-electron chi connectivity index (χ2n) is 8.21. The number of imidazole rings is 1. The van der Waals surface area contributed by atoms with E-state index in [9.17, 15) is 19.3 Å². The van der Waals surface area contributed by atoms with Crippen LogP contribution in [0.25, 0.3) is 11.2 Å². The SMILES string of the molecule is CCn1cnc2c1c(=O)[nH]c(=O)n2Cc1ccc(CNC(=O)[C@@H]2CCC[C@H](N=O)C2)cc1. The average Bonchev–Trinajstić information content (AvgIpc) is 3.25. The van der Waals surface area contributed by atoms with E-state index < -0.39 is 11.2 Å². The van der Waals surface area contributed by atoms with Crippen molar-refractivity contribution in [3.63, 3.8) is 0 Å². The zero-order chi connectivity index (χ0) is 22.7. The van der Waals surface area contributed by atoms with Crippen LogP contribution in [0.15, 0.2) is 45.4 Å². The predicted molar refractivity (Wildman–Crippen MR) is 119 cm³/mol. The summed E-state index contributed by atoms with van der Waals surface area (Å²) in [5.41, 5.74) is 1.58. The maximum atomic E-state index is 12.4. The van der Waals surface area contributed by atoms with Gasteiger partial charge in [-0.2, -0.15) is 4.91 Å². The van der Waals surface area contributed by atoms with E-state index in [1.165, 1.54) is 4.57 Å². The zero-order valence-electron chi connectivity index (χ0n) is 17.9. The van der Waals surface area contributed by atoms with Gasteiger partial charge in [-0.15, -0.1) is 0 Å². The summed E-state index contributed by atoms with van der Waals surface area (Å²) in [6.45, 7) is 3.13. The molecule has 10 heteroatoms. The number of benzene rings is 1. The summed E-state index contributed by atoms with van der Waals surface area (Å²) in [6, 6.07) is 7.30. The Balaban J connectivity index is 1.43. The van der Waals surface area contributed by atoms with Crippen molar-refractivity contribution in [3.05, 3.63) is 67.5 Å². The van der Waals surface area contributed by atoms with Crippen molar-refractivity contribution in [2.45, 2.75) is 58.3 Å². The molecule has 1 fully saturated rings. The first-order valence-electron chi connectivity index (χ1n) is 10.9. The Hall–Kier alpha value is -3.56. The van der Waals surface area contributed by atoms with Gasteiger partial charge >= 0.3 is 5.69 Å². The molecule has 0 radical (unpaired) electrons. The Morgan fingerprint density at radius 1 is 1.22 bits per heavy atom. The number of H-pyrrole nitrogens is 1. The molecule has 1 aliphatic carbocycles. The van der Waals surface area contributed by atoms with Gasteiger partial charge < -0.3 is 9.88 Å². The van der Waals surface area contributed by atoms with Crippen molar-refractivity contribution in [3.8, 4) is 0 Å². The Kier molecular flexibility index (Phi) is 6.29. The molecule has 0 aliphatic heterocycles. The highest BCUT2D eigenvalue weighted by Crippen LogP contribution is 2.26. The molecule has 1 saturated carbocycles. The summed E-state index contributed by atoms with van der Waals surface area (Å²) in [4.78, 5) is 54.4. The highest BCUT2D eigenvalue weighted by molar-refractivity contribution is 5.78. The van der Waals surface area contributed by atoms with Crippen molar-refractivity contribution in [1.82, 2.24) is 24.4 Å². The molecule has 2 heterocycles. The first-order chi connectivity index (χ1) is 15.5. The van der Waals surface area contributed by atoms with Crippen molar-refractivity contribution in [1.29, 1.82) is 0 Å². The molecule has 0 bridgehead atoms. The van der Waals surface area contributed by atoms with Gasteiger partial charge in [-0.05, 0) is 37.3 Å². The van der Waals surface area contributed by atoms with Crippen LogP contribution in [-0.4, -0.2) is 31.1 Å². The number of aromatic nitrogens is 4. The van der Waals surface area contributed by atoms with Gasteiger partial charge in [0.25, 0.3) is 5.56 Å². The van der Waals surface area contributed by atoms with Gasteiger partial charge in [0, 0.05) is 19.0 Å². The Morgan fingerprint density at radius 3 is 2.69 bits per heavy atom. The Morgan fingerprint density at radius 2 is 1.97 bits per heavy atom. The van der Waals surface area contributed by atoms with Crippen LogP contribution >= 0.6 is 0 Å². The van der Waals surface area contributed by atoms with Crippen molar-refractivity contribution < 1.29 is 4.79 Å². The van der Waals surface area contributed by atoms with E-state index in [1.807, 2.05) is 31.2 Å². The smallest absolute Gasteiger partial charge is 0.330 e. The maximum absolute atomic E-state index is 12.4. The highest BCUT2D eigenvalue weighted by Gasteiger charge is 2.27. The van der Waals surface area contributed by atoms with Crippen molar-refractivity contribution >= 4 is 17.1 Å². The maximum Gasteiger partial charge on any atom is 0.330 e. The molecule has 10 nitrogen and oxygen atoms in total. The lowest BCUT2D eigenvalue weighted by Crippen LogP contribution is -2.34. The van der Waals surface area contributed by atoms with E-state index in [1.54, 1.807) is 10.9 Å². The number of nitrogens with one attached hydrogen (secondary N) is 2. The number of hydrogen-bond donors (Lipinski definition) is 2. The average molecular weight is 438 g/mol. The monoisotopic (exact) mass is 438 g/mol. The minimum Gasteiger partial charge on any atom is -0.352 e. The van der Waals surface area contributed by atoms with Crippen LogP contribution in [0.2, 0.25) is 0 Å². The third kappa shape index (κ3) is 4.39. The van der Waals surface area contributed by atoms with Crippen LogP contribution in [0.4, 0.5) is 0 Å². The summed E-state index contributed by atoms with van der Waals surface area (Å²) >= 11 is 0. The van der Waals surface area contributed by atoms with Gasteiger partial charge in [0.05, 0.1) is 18.9 Å². The number of nitrogens with zero attached hydrogens (tertiary/aromatic N) is 4. The van der Waals surface area contributed by atoms with Crippen LogP contribution < -0.4 is 16.6 Å². The van der Waals surface area contributed by atoms with E-state index in [0.717, 1.165) is 30.4 Å². The largest absolute Gasteiger partial charge is 0.352 e. The molecule has 32 heavy (non-hydrogen) atoms. The summed E-state index contributed by atoms with van der Waals surface area (Å²) in [5, 5.41) is 6.04. The Bertz CT molecular complexity index is 1240. The third-order valence-electron chi connectivity index (χ3n) is 6.09. The molecule has 1 aromatic carbocycles. The minimum atomic E-state index is -0.504. The predicted octanol–water partition coefficient (Wildman–Crippen LogP) is 1.90. The molecule has 0 unspecified atom stereocenters. The standard InChI is InChI=1S/C22H26N6O4/c1-2-27-13-24-19-18(27)21(30)25-22(31)28(19)12-15-8-6-14(7-9-15)11-23-20(29)16-4-3-5-17(10-16)26-32/h6-9,13,16-17H,2-5,10-12H2,1H3,(H,23,29)(H,25,30,31)/t16-,17+/m1/s1. The van der Waals surface area contributed by atoms with Gasteiger partial charge in [-0.3, -0.25) is 19.1 Å². The third-order valence-corrected chi connectivity index (χ3v) is 6.09. The molecule has 3 aromatic rings. The number of amides is 1. The lowest BCUT2D eigenvalue weighted by molar-refractivity contribution is -0.126. The summed E-state index contributed by atoms with van der Waals surface area (Å²) in [6.07, 6.45) is 4.47. The van der Waals surface area contributed by atoms with E-state index in [0.29, 0.717) is 30.7 Å². The lowest BCUT2D eigenvalue weighted by atomic mass is 9.85. The summed E-state index contributed by atoms with van der Waals surface area (Å²) < 4.78 is 3.15. The van der Waals surface area contributed by atoms with E-state index in [4.69, 9.17) is 0 Å². The molecule has 0 spiro atoms. The van der Waals surface area contributed by atoms with Gasteiger partial charge in [-0.1, -0.05) is 35.9 Å². The Labute approximate surface area is 183 Å². The quantitative estimate of drug-likeness (QED) is 0.544. The number of hydrogen-bond acceptors (Lipinski definition) is 6. The number of nitroso groups, excluding NO2 is 1. The van der Waals surface area contributed by atoms with Gasteiger partial charge in [-0.25, -0.2) is 9.78 Å². The van der Waals surface area contributed by atoms with E-state index in [2.05, 4.69) is 20.5 Å². The first kappa shape index (κ1) is 21.7. The number of aromatic amines is 1. The van der Waals surface area contributed by atoms with Crippen LogP contribution in [0.3, 0.4) is 0 Å². The summed E-state index contributed by atoms with van der Waals surface area (Å²) in [5.74, 6) is -0.209. The molecular weight excluding hydrogens is 412 g/mol. The molecule has 2 aromatic heterocycles. The van der Waals surface area contributed by atoms with Crippen LogP contribution in [0.1, 0.15) is 43.7 Å². The van der Waals surface area contributed by atoms with Crippen molar-refractivity contribution in [2.24, 2.45) is 11.1 Å². The fourth-order valence-corrected chi connectivity index (χ4v) is 4.28. The van der Waals surface area contributed by atoms with E-state index >= 15 is 0 Å². The van der Waals surface area contributed by atoms with E-state index in [-0.39, 0.29) is 24.4 Å². The zero-order valence-corrected chi connectivity index (χ0v) is 17.9. The molecule has 168 valence electrons. The highest BCUT2D eigenvalue weighted by atomic mass is 16.3. The topological polar surface area (TPSA) is 131 Å². The minimum absolute atomic E-state index is 0.0453. The number of carbonyl (C=O) groups is 1. The fourth-order valence-electron chi connectivity index (χ4n) is 4.28. The number of aryl methyl sites for hydroxylation is 1. The van der Waals surface area contributed by atoms with Crippen LogP contribution in [0, 0.1) is 10.8 Å². The van der Waals surface area contributed by atoms with Crippen molar-refractivity contribution in [2.75, 3.05) is 0 Å². The van der Waals surface area contributed by atoms with Crippen LogP contribution in [-0.2, 0) is 24.4 Å².